The Morgan fingerprint density at radius 3 is 1.94 bits per heavy atom. The van der Waals surface area contributed by atoms with Crippen molar-refractivity contribution in [2.75, 3.05) is 26.2 Å². The fourth-order valence-corrected chi connectivity index (χ4v) is 13.0. The molecule has 0 radical (unpaired) electrons. The van der Waals surface area contributed by atoms with Crippen molar-refractivity contribution in [2.24, 2.45) is 5.92 Å². The van der Waals surface area contributed by atoms with Crippen molar-refractivity contribution < 1.29 is 14.3 Å². The summed E-state index contributed by atoms with van der Waals surface area (Å²) in [5.74, 6) is 0.333. The van der Waals surface area contributed by atoms with Gasteiger partial charge in [-0.25, -0.2) is 14.2 Å². The van der Waals surface area contributed by atoms with Crippen LogP contribution in [0.5, 0.6) is 0 Å². The lowest BCUT2D eigenvalue weighted by Gasteiger charge is -2.48. The van der Waals surface area contributed by atoms with Crippen LogP contribution >= 0.6 is 0 Å². The summed E-state index contributed by atoms with van der Waals surface area (Å²) in [5.41, 5.74) is 0.377. The largest absolute Gasteiger partial charge is 0.404 e. The number of imidazole rings is 1. The van der Waals surface area contributed by atoms with Gasteiger partial charge in [0.2, 0.25) is 0 Å². The highest BCUT2D eigenvalue weighted by Gasteiger charge is 2.52. The fourth-order valence-electron chi connectivity index (χ4n) is 8.29. The Balaban J connectivity index is 1.03. The Kier molecular flexibility index (Phi) is 10.4. The average Bonchev–Trinajstić information content (AvgIpc) is 3.39. The van der Waals surface area contributed by atoms with Crippen LogP contribution in [0.4, 0.5) is 4.79 Å². The third kappa shape index (κ3) is 7.22. The molecule has 9 heteroatoms. The van der Waals surface area contributed by atoms with Crippen LogP contribution in [0.1, 0.15) is 79.2 Å². The molecule has 1 saturated heterocycles. The number of likely N-dealkylation sites (tertiary alicyclic amines) is 1. The molecule has 49 heavy (non-hydrogen) atoms. The topological polar surface area (TPSA) is 88.7 Å². The maximum Gasteiger partial charge on any atom is 0.337 e. The summed E-state index contributed by atoms with van der Waals surface area (Å²) in [6.07, 6.45) is 5.13. The minimum atomic E-state index is -2.63. The summed E-state index contributed by atoms with van der Waals surface area (Å²) >= 11 is 0. The number of carbonyl (C=O) groups is 1. The molecule has 2 fully saturated rings. The van der Waals surface area contributed by atoms with Gasteiger partial charge in [-0.2, -0.15) is 0 Å². The van der Waals surface area contributed by atoms with Crippen LogP contribution in [0.15, 0.2) is 89.7 Å². The van der Waals surface area contributed by atoms with E-state index in [2.05, 4.69) is 91.7 Å². The predicted molar refractivity (Wildman–Crippen MR) is 200 cm³/mol. The van der Waals surface area contributed by atoms with E-state index in [9.17, 15) is 14.7 Å². The zero-order valence-electron chi connectivity index (χ0n) is 29.9. The van der Waals surface area contributed by atoms with Crippen LogP contribution in [0.3, 0.4) is 0 Å². The van der Waals surface area contributed by atoms with Crippen LogP contribution in [0.25, 0.3) is 11.0 Å². The van der Waals surface area contributed by atoms with Gasteiger partial charge >= 0.3 is 11.7 Å². The van der Waals surface area contributed by atoms with Crippen molar-refractivity contribution in [2.45, 2.75) is 95.9 Å². The molecule has 2 heterocycles. The molecule has 1 aliphatic carbocycles. The van der Waals surface area contributed by atoms with Gasteiger partial charge in [-0.15, -0.1) is 0 Å². The minimum Gasteiger partial charge on any atom is -0.404 e. The van der Waals surface area contributed by atoms with E-state index in [0.29, 0.717) is 24.5 Å². The molecule has 6 rings (SSSR count). The van der Waals surface area contributed by atoms with E-state index in [1.54, 1.807) is 4.57 Å². The van der Waals surface area contributed by atoms with E-state index in [-0.39, 0.29) is 28.9 Å². The van der Waals surface area contributed by atoms with Crippen LogP contribution in [-0.4, -0.2) is 71.4 Å². The highest BCUT2D eigenvalue weighted by atomic mass is 28.4. The molecule has 2 aliphatic rings. The summed E-state index contributed by atoms with van der Waals surface area (Å²) in [5, 5.41) is 17.3. The number of fused-ring (bicyclic) bond motifs is 1. The molecule has 0 spiro atoms. The molecular weight excluding hydrogens is 629 g/mol. The summed E-state index contributed by atoms with van der Waals surface area (Å²) in [6.45, 7) is 13.8. The van der Waals surface area contributed by atoms with Gasteiger partial charge in [-0.3, -0.25) is 4.57 Å². The van der Waals surface area contributed by atoms with E-state index in [1.807, 2.05) is 38.1 Å². The van der Waals surface area contributed by atoms with E-state index in [4.69, 9.17) is 4.43 Å². The maximum absolute atomic E-state index is 13.2. The number of aliphatic hydroxyl groups is 1. The average molecular weight is 683 g/mol. The second kappa shape index (κ2) is 14.4. The molecule has 0 unspecified atom stereocenters. The zero-order valence-corrected chi connectivity index (χ0v) is 30.9. The van der Waals surface area contributed by atoms with Crippen LogP contribution in [0, 0.1) is 5.92 Å². The lowest BCUT2D eigenvalue weighted by molar-refractivity contribution is -0.0544. The molecule has 0 atom stereocenters. The molecule has 1 aliphatic heterocycles. The van der Waals surface area contributed by atoms with E-state index < -0.39 is 13.9 Å². The first kappa shape index (κ1) is 35.3. The van der Waals surface area contributed by atoms with Crippen LogP contribution < -0.4 is 21.4 Å². The Morgan fingerprint density at radius 1 is 0.878 bits per heavy atom. The number of rotatable bonds is 9. The number of amides is 1. The Labute approximate surface area is 292 Å². The quantitative estimate of drug-likeness (QED) is 0.215. The van der Waals surface area contributed by atoms with Gasteiger partial charge in [0.1, 0.15) is 0 Å². The number of nitrogens with one attached hydrogen (secondary N) is 1. The highest BCUT2D eigenvalue weighted by molar-refractivity contribution is 6.99. The van der Waals surface area contributed by atoms with Gasteiger partial charge < -0.3 is 19.7 Å². The van der Waals surface area contributed by atoms with Crippen LogP contribution in [0.2, 0.25) is 5.04 Å². The third-order valence-corrected chi connectivity index (χ3v) is 16.0. The summed E-state index contributed by atoms with van der Waals surface area (Å²) < 4.78 is 10.3. The number of benzene rings is 3. The Bertz CT molecular complexity index is 1720. The number of piperidine rings is 1. The van der Waals surface area contributed by atoms with Crippen molar-refractivity contribution in [1.82, 2.24) is 19.4 Å². The van der Waals surface area contributed by atoms with Gasteiger partial charge in [0.25, 0.3) is 8.32 Å². The molecule has 0 bridgehead atoms. The lowest BCUT2D eigenvalue weighted by atomic mass is 9.82. The van der Waals surface area contributed by atoms with Crippen molar-refractivity contribution in [3.63, 3.8) is 0 Å². The van der Waals surface area contributed by atoms with Gasteiger partial charge in [0, 0.05) is 25.2 Å². The molecule has 4 aromatic rings. The third-order valence-electron chi connectivity index (χ3n) is 10.9. The Morgan fingerprint density at radius 2 is 1.41 bits per heavy atom. The van der Waals surface area contributed by atoms with Gasteiger partial charge in [0.15, 0.2) is 0 Å². The van der Waals surface area contributed by atoms with Crippen molar-refractivity contribution in [1.29, 1.82) is 0 Å². The first-order valence-electron chi connectivity index (χ1n) is 18.2. The summed E-state index contributed by atoms with van der Waals surface area (Å²) in [4.78, 5) is 28.8. The molecule has 262 valence electrons. The van der Waals surface area contributed by atoms with Crippen molar-refractivity contribution in [3.8, 4) is 0 Å². The zero-order chi connectivity index (χ0) is 34.8. The number of aromatic nitrogens is 2. The lowest BCUT2D eigenvalue weighted by Crippen LogP contribution is -2.68. The monoisotopic (exact) mass is 682 g/mol. The number of nitrogens with zero attached hydrogens (tertiary/aromatic N) is 3. The first-order chi connectivity index (χ1) is 23.4. The highest BCUT2D eigenvalue weighted by Crippen LogP contribution is 2.40. The fraction of sp³-hybridized carbons (Fsp3) is 0.500. The Hall–Kier alpha value is -3.50. The maximum atomic E-state index is 13.2. The molecule has 1 saturated carbocycles. The van der Waals surface area contributed by atoms with Crippen molar-refractivity contribution >= 4 is 35.8 Å². The van der Waals surface area contributed by atoms with Crippen LogP contribution in [-0.2, 0) is 4.43 Å². The van der Waals surface area contributed by atoms with Gasteiger partial charge in [0.05, 0.1) is 16.6 Å². The molecule has 1 aromatic heterocycles. The van der Waals surface area contributed by atoms with Gasteiger partial charge in [-0.05, 0) is 98.9 Å². The van der Waals surface area contributed by atoms with E-state index >= 15 is 0 Å². The smallest absolute Gasteiger partial charge is 0.337 e. The number of para-hydroxylation sites is 2. The molecule has 2 N–H and O–H groups in total. The normalized spacial score (nSPS) is 21.3. The molecular formula is C40H54N4O4Si. The second-order valence-corrected chi connectivity index (χ2v) is 19.9. The second-order valence-electron chi connectivity index (χ2n) is 15.7. The summed E-state index contributed by atoms with van der Waals surface area (Å²) in [6, 6.07) is 28.7. The molecule has 8 nitrogen and oxygen atoms in total. The summed E-state index contributed by atoms with van der Waals surface area (Å²) in [7, 11) is -2.63. The number of carbonyl (C=O) groups excluding carboxylic acids is 1. The number of hydrogen-bond donors (Lipinski definition) is 2. The molecule has 1 amide bonds. The standard InChI is InChI=1S/C40H54N4O4Si/c1-30(2)43-35-18-12-13-19-36(35)44(38(43)46)37(45)41-28-31-22-26-42(27-23-31)29-40(47)24-20-32(21-25-40)48-49(39(3,4)5,33-14-8-6-9-15-33)34-16-10-7-11-17-34/h6-19,30-32,47H,20-29H2,1-5H3,(H,41,45)/t32-,40+. The van der Waals surface area contributed by atoms with Crippen molar-refractivity contribution in [3.05, 3.63) is 95.4 Å². The molecule has 3 aromatic carbocycles. The first-order valence-corrected chi connectivity index (χ1v) is 20.1. The predicted octanol–water partition coefficient (Wildman–Crippen LogP) is 5.90. The SMILES string of the molecule is CC(C)n1c(=O)n(C(=O)NCC2CCN(C[C@]3(O)CC[C@@H](O[Si](c4ccccc4)(c4ccccc4)C(C)(C)C)CC3)CC2)c2ccccc21. The number of hydrogen-bond acceptors (Lipinski definition) is 5. The number of β-amino-alcohol motifs (C(OH)–C–C–N with tert-alkyl or cyclic N) is 1. The van der Waals surface area contributed by atoms with E-state index in [0.717, 1.165) is 57.1 Å². The minimum absolute atomic E-state index is 0.0457. The van der Waals surface area contributed by atoms with E-state index in [1.165, 1.54) is 14.9 Å². The van der Waals surface area contributed by atoms with Gasteiger partial charge in [-0.1, -0.05) is 93.6 Å².